The Morgan fingerprint density at radius 2 is 2.00 bits per heavy atom. The molecular formula is C19H24ClN3O. The summed E-state index contributed by atoms with van der Waals surface area (Å²) in [4.78, 5) is 8.17. The fourth-order valence-electron chi connectivity index (χ4n) is 2.82. The van der Waals surface area contributed by atoms with Gasteiger partial charge in [0, 0.05) is 17.4 Å². The number of halogens is 1. The lowest BCUT2D eigenvalue weighted by Crippen LogP contribution is -2.13. The van der Waals surface area contributed by atoms with Gasteiger partial charge in [-0.2, -0.15) is 0 Å². The lowest BCUT2D eigenvalue weighted by atomic mass is 9.85. The molecule has 0 spiro atoms. The van der Waals surface area contributed by atoms with Gasteiger partial charge in [0.2, 0.25) is 0 Å². The summed E-state index contributed by atoms with van der Waals surface area (Å²) in [6.45, 7) is 1.65. The molecule has 1 fully saturated rings. The van der Waals surface area contributed by atoms with Crippen LogP contribution >= 0.6 is 11.6 Å². The van der Waals surface area contributed by atoms with Crippen LogP contribution in [0.25, 0.3) is 0 Å². The van der Waals surface area contributed by atoms with E-state index in [1.54, 1.807) is 31.2 Å². The number of nitrogens with one attached hydrogen (secondary N) is 1. The molecule has 128 valence electrons. The molecule has 1 aromatic heterocycles. The van der Waals surface area contributed by atoms with Crippen LogP contribution in [0.3, 0.4) is 0 Å². The Morgan fingerprint density at radius 1 is 1.21 bits per heavy atom. The van der Waals surface area contributed by atoms with Gasteiger partial charge < -0.3 is 0 Å². The molecule has 0 aliphatic heterocycles. The Bertz CT molecular complexity index is 640. The van der Waals surface area contributed by atoms with E-state index in [2.05, 4.69) is 16.0 Å². The van der Waals surface area contributed by atoms with Gasteiger partial charge in [-0.1, -0.05) is 43.0 Å². The Balaban J connectivity index is 0.000000174. The maximum atomic E-state index is 8.45. The molecule has 4 nitrogen and oxygen atoms in total. The van der Waals surface area contributed by atoms with Gasteiger partial charge in [0.15, 0.2) is 0 Å². The van der Waals surface area contributed by atoms with Crippen molar-refractivity contribution in [3.8, 4) is 0 Å². The third-order valence-corrected chi connectivity index (χ3v) is 4.26. The SMILES string of the molecule is CC(=Nc1cccc(Cl)c1)NO.c1cncc(C2CCCCC2)c1. The summed E-state index contributed by atoms with van der Waals surface area (Å²) in [5, 5.41) is 9.08. The van der Waals surface area contributed by atoms with Crippen molar-refractivity contribution in [2.75, 3.05) is 0 Å². The highest BCUT2D eigenvalue weighted by molar-refractivity contribution is 6.30. The molecule has 5 heteroatoms. The number of hydroxylamine groups is 1. The highest BCUT2D eigenvalue weighted by Crippen LogP contribution is 2.31. The number of rotatable bonds is 2. The Labute approximate surface area is 148 Å². The number of nitrogens with zero attached hydrogens (tertiary/aromatic N) is 2. The number of aliphatic imine (C=N–C) groups is 1. The molecule has 0 saturated heterocycles. The van der Waals surface area contributed by atoms with Gasteiger partial charge in [-0.3, -0.25) is 15.7 Å². The topological polar surface area (TPSA) is 57.5 Å². The van der Waals surface area contributed by atoms with Crippen LogP contribution in [0, 0.1) is 0 Å². The minimum atomic E-state index is 0.428. The van der Waals surface area contributed by atoms with Gasteiger partial charge in [0.1, 0.15) is 5.84 Å². The molecule has 3 rings (SSSR count). The minimum absolute atomic E-state index is 0.428. The van der Waals surface area contributed by atoms with Crippen molar-refractivity contribution in [1.82, 2.24) is 10.5 Å². The van der Waals surface area contributed by atoms with Crippen molar-refractivity contribution in [3.63, 3.8) is 0 Å². The predicted molar refractivity (Wildman–Crippen MR) is 99.2 cm³/mol. The number of aromatic nitrogens is 1. The zero-order valence-corrected chi connectivity index (χ0v) is 14.7. The average Bonchev–Trinajstić information content (AvgIpc) is 2.64. The van der Waals surface area contributed by atoms with E-state index in [0.717, 1.165) is 5.92 Å². The summed E-state index contributed by atoms with van der Waals surface area (Å²) in [6.07, 6.45) is 10.8. The number of hydrogen-bond donors (Lipinski definition) is 2. The molecule has 0 bridgehead atoms. The van der Waals surface area contributed by atoms with Gasteiger partial charge in [-0.15, -0.1) is 0 Å². The van der Waals surface area contributed by atoms with Gasteiger partial charge >= 0.3 is 0 Å². The first-order valence-corrected chi connectivity index (χ1v) is 8.67. The summed E-state index contributed by atoms with van der Waals surface area (Å²) in [6, 6.07) is 11.3. The van der Waals surface area contributed by atoms with Crippen molar-refractivity contribution in [2.24, 2.45) is 4.99 Å². The molecule has 0 radical (unpaired) electrons. The monoisotopic (exact) mass is 345 g/mol. The molecule has 0 unspecified atom stereocenters. The van der Waals surface area contributed by atoms with Crippen molar-refractivity contribution in [3.05, 3.63) is 59.4 Å². The molecule has 1 aliphatic rings. The Hall–Kier alpha value is -1.91. The highest BCUT2D eigenvalue weighted by Gasteiger charge is 2.14. The van der Waals surface area contributed by atoms with Crippen molar-refractivity contribution < 1.29 is 5.21 Å². The summed E-state index contributed by atoms with van der Waals surface area (Å²) < 4.78 is 0. The zero-order valence-electron chi connectivity index (χ0n) is 14.0. The van der Waals surface area contributed by atoms with E-state index >= 15 is 0 Å². The van der Waals surface area contributed by atoms with E-state index in [0.29, 0.717) is 16.5 Å². The number of pyridine rings is 1. The largest absolute Gasteiger partial charge is 0.290 e. The van der Waals surface area contributed by atoms with Crippen LogP contribution in [-0.4, -0.2) is 16.0 Å². The summed E-state index contributed by atoms with van der Waals surface area (Å²) >= 11 is 5.72. The maximum Gasteiger partial charge on any atom is 0.123 e. The van der Waals surface area contributed by atoms with Crippen LogP contribution in [0.1, 0.15) is 50.5 Å². The molecule has 2 aromatic rings. The van der Waals surface area contributed by atoms with Crippen molar-refractivity contribution in [1.29, 1.82) is 0 Å². The molecule has 0 amide bonds. The van der Waals surface area contributed by atoms with Gasteiger partial charge in [-0.05, 0) is 55.5 Å². The molecule has 1 saturated carbocycles. The fraction of sp³-hybridized carbons (Fsp3) is 0.368. The van der Waals surface area contributed by atoms with Crippen molar-refractivity contribution in [2.45, 2.75) is 44.9 Å². The van der Waals surface area contributed by atoms with Gasteiger partial charge in [-0.25, -0.2) is 4.99 Å². The quantitative estimate of drug-likeness (QED) is 0.429. The highest BCUT2D eigenvalue weighted by atomic mass is 35.5. The summed E-state index contributed by atoms with van der Waals surface area (Å²) in [5.41, 5.74) is 4.09. The summed E-state index contributed by atoms with van der Waals surface area (Å²) in [7, 11) is 0. The van der Waals surface area contributed by atoms with Crippen LogP contribution < -0.4 is 5.48 Å². The van der Waals surface area contributed by atoms with E-state index < -0.39 is 0 Å². The number of amidine groups is 1. The molecule has 1 aliphatic carbocycles. The van der Waals surface area contributed by atoms with Crippen LogP contribution in [0.2, 0.25) is 5.02 Å². The first-order chi connectivity index (χ1) is 11.7. The number of hydrogen-bond acceptors (Lipinski definition) is 3. The second kappa shape index (κ2) is 10.1. The fourth-order valence-corrected chi connectivity index (χ4v) is 3.00. The standard InChI is InChI=1S/C11H15N.C8H9ClN2O/c1-2-5-10(6-3-1)11-7-4-8-12-9-11;1-6(11-12)10-8-4-2-3-7(9)5-8/h4,7-10H,1-3,5-6H2;2-5,12H,1H3,(H,10,11). The van der Waals surface area contributed by atoms with Crippen LogP contribution in [0.4, 0.5) is 5.69 Å². The van der Waals surface area contributed by atoms with E-state index in [4.69, 9.17) is 16.8 Å². The smallest absolute Gasteiger partial charge is 0.123 e. The molecular weight excluding hydrogens is 322 g/mol. The summed E-state index contributed by atoms with van der Waals surface area (Å²) in [5.74, 6) is 1.23. The zero-order chi connectivity index (χ0) is 17.2. The molecule has 0 atom stereocenters. The van der Waals surface area contributed by atoms with Crippen LogP contribution in [-0.2, 0) is 0 Å². The second-order valence-corrected chi connectivity index (χ2v) is 6.35. The molecule has 1 heterocycles. The third kappa shape index (κ3) is 6.30. The van der Waals surface area contributed by atoms with Gasteiger partial charge in [0.05, 0.1) is 5.69 Å². The molecule has 2 N–H and O–H groups in total. The Morgan fingerprint density at radius 3 is 2.62 bits per heavy atom. The normalized spacial score (nSPS) is 15.4. The first kappa shape index (κ1) is 18.4. The predicted octanol–water partition coefficient (Wildman–Crippen LogP) is 5.50. The van der Waals surface area contributed by atoms with E-state index in [9.17, 15) is 0 Å². The Kier molecular flexibility index (Phi) is 7.72. The average molecular weight is 346 g/mol. The third-order valence-electron chi connectivity index (χ3n) is 4.03. The lowest BCUT2D eigenvalue weighted by molar-refractivity contribution is 0.234. The molecule has 1 aromatic carbocycles. The van der Waals surface area contributed by atoms with E-state index in [-0.39, 0.29) is 0 Å². The molecule has 24 heavy (non-hydrogen) atoms. The first-order valence-electron chi connectivity index (χ1n) is 8.30. The van der Waals surface area contributed by atoms with E-state index in [1.165, 1.54) is 37.7 Å². The number of benzene rings is 1. The maximum absolute atomic E-state index is 8.45. The van der Waals surface area contributed by atoms with Gasteiger partial charge in [0.25, 0.3) is 0 Å². The lowest BCUT2D eigenvalue weighted by Gasteiger charge is -2.21. The van der Waals surface area contributed by atoms with Crippen molar-refractivity contribution >= 4 is 23.1 Å². The van der Waals surface area contributed by atoms with Crippen LogP contribution in [0.5, 0.6) is 0 Å². The van der Waals surface area contributed by atoms with Crippen LogP contribution in [0.15, 0.2) is 53.8 Å². The van der Waals surface area contributed by atoms with E-state index in [1.807, 2.05) is 23.9 Å². The second-order valence-electron chi connectivity index (χ2n) is 5.91. The minimum Gasteiger partial charge on any atom is -0.290 e.